The Bertz CT molecular complexity index is 943. The van der Waals surface area contributed by atoms with E-state index in [1.54, 1.807) is 36.4 Å². The lowest BCUT2D eigenvalue weighted by Crippen LogP contribution is -2.34. The topological polar surface area (TPSA) is 45.2 Å². The van der Waals surface area contributed by atoms with E-state index in [0.717, 1.165) is 29.1 Å². The van der Waals surface area contributed by atoms with Gasteiger partial charge in [0, 0.05) is 28.2 Å². The summed E-state index contributed by atoms with van der Waals surface area (Å²) in [6.07, 6.45) is 1.81. The average molecular weight is 402 g/mol. The van der Waals surface area contributed by atoms with Crippen molar-refractivity contribution in [2.45, 2.75) is 18.9 Å². The number of hydrogen-bond donors (Lipinski definition) is 1. The third kappa shape index (κ3) is 3.96. The molecule has 0 saturated carbocycles. The van der Waals surface area contributed by atoms with Crippen molar-refractivity contribution in [2.75, 3.05) is 11.9 Å². The minimum absolute atomic E-state index is 0.0449. The number of likely N-dealkylation sites (tertiary alicyclic amines) is 1. The third-order valence-corrected chi connectivity index (χ3v) is 5.75. The van der Waals surface area contributed by atoms with Crippen molar-refractivity contribution < 1.29 is 9.18 Å². The van der Waals surface area contributed by atoms with Crippen molar-refractivity contribution in [3.05, 3.63) is 69.8 Å². The van der Waals surface area contributed by atoms with Crippen LogP contribution in [0.25, 0.3) is 11.3 Å². The van der Waals surface area contributed by atoms with Crippen LogP contribution in [0.2, 0.25) is 5.02 Å². The number of nitrogens with one attached hydrogen (secondary N) is 1. The molecule has 2 amide bonds. The standard InChI is InChI=1S/C20H17ClFN3OS/c21-14-5-9-16(10-6-14)23-20(26)25-11-1-2-18(25)19-24-17(12-27-19)13-3-7-15(22)8-4-13/h3-10,12,18H,1-2,11H2,(H,23,26)/t18-/m0/s1. The second-order valence-electron chi connectivity index (χ2n) is 6.37. The highest BCUT2D eigenvalue weighted by molar-refractivity contribution is 7.10. The number of aromatic nitrogens is 1. The van der Waals surface area contributed by atoms with E-state index in [1.807, 2.05) is 10.3 Å². The van der Waals surface area contributed by atoms with Gasteiger partial charge in [-0.05, 0) is 61.4 Å². The van der Waals surface area contributed by atoms with Crippen LogP contribution < -0.4 is 5.32 Å². The highest BCUT2D eigenvalue weighted by atomic mass is 35.5. The van der Waals surface area contributed by atoms with Gasteiger partial charge in [0.1, 0.15) is 10.8 Å². The van der Waals surface area contributed by atoms with E-state index in [2.05, 4.69) is 5.32 Å². The quantitative estimate of drug-likeness (QED) is 0.587. The molecule has 1 aliphatic heterocycles. The number of carbonyl (C=O) groups is 1. The molecule has 4 nitrogen and oxygen atoms in total. The zero-order chi connectivity index (χ0) is 18.8. The van der Waals surface area contributed by atoms with Gasteiger partial charge in [0.25, 0.3) is 0 Å². The van der Waals surface area contributed by atoms with Gasteiger partial charge < -0.3 is 10.2 Å². The molecular weight excluding hydrogens is 385 g/mol. The van der Waals surface area contributed by atoms with Gasteiger partial charge in [-0.3, -0.25) is 0 Å². The molecule has 1 aliphatic rings. The highest BCUT2D eigenvalue weighted by Gasteiger charge is 2.32. The fourth-order valence-corrected chi connectivity index (χ4v) is 4.29. The Hall–Kier alpha value is -2.44. The molecule has 138 valence electrons. The molecule has 2 heterocycles. The van der Waals surface area contributed by atoms with Crippen LogP contribution >= 0.6 is 22.9 Å². The lowest BCUT2D eigenvalue weighted by atomic mass is 10.2. The van der Waals surface area contributed by atoms with Gasteiger partial charge >= 0.3 is 6.03 Å². The summed E-state index contributed by atoms with van der Waals surface area (Å²) in [5.74, 6) is -0.268. The smallest absolute Gasteiger partial charge is 0.315 e. The Kier molecular flexibility index (Phi) is 5.09. The number of amides is 2. The summed E-state index contributed by atoms with van der Waals surface area (Å²) in [6, 6.07) is 13.1. The molecular formula is C20H17ClFN3OS. The maximum atomic E-state index is 13.1. The molecule has 0 aliphatic carbocycles. The second-order valence-corrected chi connectivity index (χ2v) is 7.69. The zero-order valence-corrected chi connectivity index (χ0v) is 15.9. The van der Waals surface area contributed by atoms with Crippen LogP contribution in [0.3, 0.4) is 0 Å². The molecule has 27 heavy (non-hydrogen) atoms. The van der Waals surface area contributed by atoms with Crippen LogP contribution in [0.5, 0.6) is 0 Å². The largest absolute Gasteiger partial charge is 0.322 e. The number of halogens is 2. The molecule has 1 atom stereocenters. The molecule has 4 rings (SSSR count). The Morgan fingerprint density at radius 1 is 1.19 bits per heavy atom. The van der Waals surface area contributed by atoms with E-state index < -0.39 is 0 Å². The monoisotopic (exact) mass is 401 g/mol. The summed E-state index contributed by atoms with van der Waals surface area (Å²) in [5, 5.41) is 6.40. The first kappa shape index (κ1) is 17.9. The first-order valence-electron chi connectivity index (χ1n) is 8.65. The second kappa shape index (κ2) is 7.66. The fraction of sp³-hybridized carbons (Fsp3) is 0.200. The van der Waals surface area contributed by atoms with Gasteiger partial charge in [-0.25, -0.2) is 14.2 Å². The number of carbonyl (C=O) groups excluding carboxylic acids is 1. The van der Waals surface area contributed by atoms with Gasteiger partial charge in [-0.15, -0.1) is 11.3 Å². The summed E-state index contributed by atoms with van der Waals surface area (Å²) in [7, 11) is 0. The number of hydrogen-bond acceptors (Lipinski definition) is 3. The van der Waals surface area contributed by atoms with Gasteiger partial charge in [0.2, 0.25) is 0 Å². The maximum Gasteiger partial charge on any atom is 0.322 e. The summed E-state index contributed by atoms with van der Waals surface area (Å²) in [4.78, 5) is 19.2. The Balaban J connectivity index is 1.50. The van der Waals surface area contributed by atoms with E-state index in [-0.39, 0.29) is 17.9 Å². The first-order chi connectivity index (χ1) is 13.1. The van der Waals surface area contributed by atoms with Crippen molar-refractivity contribution in [3.8, 4) is 11.3 Å². The molecule has 0 unspecified atom stereocenters. The summed E-state index contributed by atoms with van der Waals surface area (Å²) >= 11 is 7.42. The summed E-state index contributed by atoms with van der Waals surface area (Å²) < 4.78 is 13.1. The normalized spacial score (nSPS) is 16.5. The van der Waals surface area contributed by atoms with Crippen LogP contribution in [0.4, 0.5) is 14.9 Å². The van der Waals surface area contributed by atoms with Gasteiger partial charge in [-0.2, -0.15) is 0 Å². The van der Waals surface area contributed by atoms with Crippen LogP contribution in [-0.4, -0.2) is 22.5 Å². The molecule has 1 aromatic heterocycles. The number of rotatable bonds is 3. The number of urea groups is 1. The van der Waals surface area contributed by atoms with Crippen molar-refractivity contribution in [2.24, 2.45) is 0 Å². The number of anilines is 1. The lowest BCUT2D eigenvalue weighted by Gasteiger charge is -2.23. The minimum Gasteiger partial charge on any atom is -0.315 e. The number of thiazole rings is 1. The van der Waals surface area contributed by atoms with Crippen LogP contribution in [-0.2, 0) is 0 Å². The van der Waals surface area contributed by atoms with Crippen LogP contribution in [0.15, 0.2) is 53.9 Å². The van der Waals surface area contributed by atoms with Crippen molar-refractivity contribution in [1.29, 1.82) is 0 Å². The fourth-order valence-electron chi connectivity index (χ4n) is 3.19. The molecule has 1 saturated heterocycles. The molecule has 0 bridgehead atoms. The zero-order valence-electron chi connectivity index (χ0n) is 14.4. The summed E-state index contributed by atoms with van der Waals surface area (Å²) in [5.41, 5.74) is 2.38. The minimum atomic E-state index is -0.268. The van der Waals surface area contributed by atoms with E-state index in [0.29, 0.717) is 17.3 Å². The highest BCUT2D eigenvalue weighted by Crippen LogP contribution is 2.36. The predicted molar refractivity (Wildman–Crippen MR) is 107 cm³/mol. The average Bonchev–Trinajstić information content (AvgIpc) is 3.33. The Morgan fingerprint density at radius 3 is 2.67 bits per heavy atom. The van der Waals surface area contributed by atoms with E-state index >= 15 is 0 Å². The number of benzene rings is 2. The van der Waals surface area contributed by atoms with Gasteiger partial charge in [0.15, 0.2) is 0 Å². The molecule has 7 heteroatoms. The molecule has 0 spiro atoms. The van der Waals surface area contributed by atoms with E-state index in [1.165, 1.54) is 23.5 Å². The van der Waals surface area contributed by atoms with Crippen LogP contribution in [0, 0.1) is 5.82 Å². The Labute approximate surface area is 165 Å². The number of nitrogens with zero attached hydrogens (tertiary/aromatic N) is 2. The summed E-state index contributed by atoms with van der Waals surface area (Å²) in [6.45, 7) is 0.690. The lowest BCUT2D eigenvalue weighted by molar-refractivity contribution is 0.207. The first-order valence-corrected chi connectivity index (χ1v) is 9.90. The molecule has 3 aromatic rings. The van der Waals surface area contributed by atoms with Crippen molar-refractivity contribution in [3.63, 3.8) is 0 Å². The van der Waals surface area contributed by atoms with Crippen molar-refractivity contribution in [1.82, 2.24) is 9.88 Å². The van der Waals surface area contributed by atoms with Crippen LogP contribution in [0.1, 0.15) is 23.9 Å². The molecule has 1 fully saturated rings. The van der Waals surface area contributed by atoms with Gasteiger partial charge in [0.05, 0.1) is 11.7 Å². The SMILES string of the molecule is O=C(Nc1ccc(Cl)cc1)N1CCC[C@H]1c1nc(-c2ccc(F)cc2)cs1. The van der Waals surface area contributed by atoms with E-state index in [4.69, 9.17) is 16.6 Å². The van der Waals surface area contributed by atoms with Gasteiger partial charge in [-0.1, -0.05) is 11.6 Å². The van der Waals surface area contributed by atoms with E-state index in [9.17, 15) is 9.18 Å². The molecule has 0 radical (unpaired) electrons. The molecule has 2 aromatic carbocycles. The predicted octanol–water partition coefficient (Wildman–Crippen LogP) is 5.97. The Morgan fingerprint density at radius 2 is 1.93 bits per heavy atom. The third-order valence-electron chi connectivity index (χ3n) is 4.56. The maximum absolute atomic E-state index is 13.1. The van der Waals surface area contributed by atoms with Crippen molar-refractivity contribution >= 4 is 34.7 Å². The molecule has 1 N–H and O–H groups in total.